The lowest BCUT2D eigenvalue weighted by molar-refractivity contribution is -0.136. The van der Waals surface area contributed by atoms with Gasteiger partial charge in [-0.3, -0.25) is 4.79 Å². The molecule has 88 valence electrons. The van der Waals surface area contributed by atoms with Gasteiger partial charge in [-0.25, -0.2) is 13.8 Å². The predicted octanol–water partition coefficient (Wildman–Crippen LogP) is 1.36. The Morgan fingerprint density at radius 1 is 1.62 bits per heavy atom. The smallest absolute Gasteiger partial charge is 0.309 e. The first kappa shape index (κ1) is 12.2. The number of methoxy groups -OCH3 is 1. The van der Waals surface area contributed by atoms with E-state index in [9.17, 15) is 18.7 Å². The van der Waals surface area contributed by atoms with Crippen LogP contribution in [-0.4, -0.2) is 28.3 Å². The highest BCUT2D eigenvalue weighted by atomic mass is 19.3. The van der Waals surface area contributed by atoms with Gasteiger partial charge in [0.05, 0.1) is 19.2 Å². The molecule has 1 heterocycles. The van der Waals surface area contributed by atoms with Crippen LogP contribution in [-0.2, 0) is 11.2 Å². The van der Waals surface area contributed by atoms with Gasteiger partial charge in [-0.1, -0.05) is 0 Å². The van der Waals surface area contributed by atoms with Crippen LogP contribution in [0.5, 0.6) is 11.5 Å². The quantitative estimate of drug-likeness (QED) is 0.820. The summed E-state index contributed by atoms with van der Waals surface area (Å²) in [4.78, 5) is 13.8. The van der Waals surface area contributed by atoms with E-state index in [0.717, 1.165) is 6.07 Å². The molecular formula is C9H9F2NO4. The molecule has 0 fully saturated rings. The van der Waals surface area contributed by atoms with Crippen molar-refractivity contribution in [3.8, 4) is 11.5 Å². The van der Waals surface area contributed by atoms with Gasteiger partial charge in [-0.2, -0.15) is 0 Å². The molecule has 0 aliphatic heterocycles. The number of aromatic nitrogens is 1. The van der Waals surface area contributed by atoms with Gasteiger partial charge in [0.2, 0.25) is 0 Å². The molecule has 0 radical (unpaired) electrons. The Hall–Kier alpha value is -1.92. The van der Waals surface area contributed by atoms with E-state index in [1.165, 1.54) is 7.11 Å². The van der Waals surface area contributed by atoms with Crippen molar-refractivity contribution < 1.29 is 28.5 Å². The summed E-state index contributed by atoms with van der Waals surface area (Å²) in [5.74, 6) is -2.20. The molecule has 0 unspecified atom stereocenters. The largest absolute Gasteiger partial charge is 0.503 e. The zero-order valence-electron chi connectivity index (χ0n) is 8.28. The van der Waals surface area contributed by atoms with Crippen LogP contribution in [0, 0.1) is 0 Å². The van der Waals surface area contributed by atoms with E-state index in [1.54, 1.807) is 0 Å². The predicted molar refractivity (Wildman–Crippen MR) is 48.8 cm³/mol. The van der Waals surface area contributed by atoms with E-state index >= 15 is 0 Å². The first-order valence-corrected chi connectivity index (χ1v) is 4.22. The molecule has 0 saturated carbocycles. The molecule has 16 heavy (non-hydrogen) atoms. The molecule has 0 aromatic carbocycles. The van der Waals surface area contributed by atoms with Gasteiger partial charge in [-0.05, 0) is 0 Å². The van der Waals surface area contributed by atoms with Gasteiger partial charge in [0.25, 0.3) is 6.43 Å². The van der Waals surface area contributed by atoms with Gasteiger partial charge < -0.3 is 14.9 Å². The lowest BCUT2D eigenvalue weighted by Crippen LogP contribution is -2.05. The fourth-order valence-corrected chi connectivity index (χ4v) is 1.14. The van der Waals surface area contributed by atoms with Crippen molar-refractivity contribution in [1.82, 2.24) is 4.98 Å². The zero-order valence-corrected chi connectivity index (χ0v) is 8.28. The van der Waals surface area contributed by atoms with Crippen LogP contribution in [0.25, 0.3) is 0 Å². The van der Waals surface area contributed by atoms with E-state index in [2.05, 4.69) is 9.72 Å². The van der Waals surface area contributed by atoms with E-state index in [-0.39, 0.29) is 11.4 Å². The minimum atomic E-state index is -3.00. The number of rotatable bonds is 4. The van der Waals surface area contributed by atoms with Crippen LogP contribution in [0.4, 0.5) is 8.78 Å². The SMILES string of the molecule is COc1cc(CC(=O)O)nc(C(F)F)c1O. The molecular weight excluding hydrogens is 224 g/mol. The molecule has 0 aliphatic carbocycles. The third-order valence-corrected chi connectivity index (χ3v) is 1.80. The fourth-order valence-electron chi connectivity index (χ4n) is 1.14. The molecule has 2 N–H and O–H groups in total. The van der Waals surface area contributed by atoms with Crippen LogP contribution in [0.15, 0.2) is 6.07 Å². The zero-order chi connectivity index (χ0) is 12.3. The molecule has 1 aromatic heterocycles. The molecule has 0 amide bonds. The minimum Gasteiger partial charge on any atom is -0.503 e. The van der Waals surface area contributed by atoms with Crippen molar-refractivity contribution in [2.24, 2.45) is 0 Å². The molecule has 0 saturated heterocycles. The summed E-state index contributed by atoms with van der Waals surface area (Å²) in [5.41, 5.74) is -0.979. The summed E-state index contributed by atoms with van der Waals surface area (Å²) in [5, 5.41) is 17.8. The number of carbonyl (C=O) groups is 1. The molecule has 5 nitrogen and oxygen atoms in total. The van der Waals surface area contributed by atoms with Crippen molar-refractivity contribution in [2.75, 3.05) is 7.11 Å². The molecule has 0 bridgehead atoms. The van der Waals surface area contributed by atoms with Crippen molar-refractivity contribution in [2.45, 2.75) is 12.8 Å². The number of aliphatic carboxylic acids is 1. The number of carboxylic acid groups (broad SMARTS) is 1. The second kappa shape index (κ2) is 4.73. The van der Waals surface area contributed by atoms with Crippen molar-refractivity contribution >= 4 is 5.97 Å². The average molecular weight is 233 g/mol. The standard InChI is InChI=1S/C9H9F2NO4/c1-16-5-2-4(3-6(13)14)12-7(8(5)15)9(10)11/h2,9,15H,3H2,1H3,(H,13,14). The summed E-state index contributed by atoms with van der Waals surface area (Å²) >= 11 is 0. The highest BCUT2D eigenvalue weighted by Crippen LogP contribution is 2.35. The highest BCUT2D eigenvalue weighted by molar-refractivity contribution is 5.70. The number of halogens is 2. The van der Waals surface area contributed by atoms with Crippen molar-refractivity contribution in [3.05, 3.63) is 17.5 Å². The molecule has 7 heteroatoms. The maximum Gasteiger partial charge on any atom is 0.309 e. The molecule has 0 spiro atoms. The maximum absolute atomic E-state index is 12.4. The number of aromatic hydroxyl groups is 1. The van der Waals surface area contributed by atoms with Crippen LogP contribution in [0.2, 0.25) is 0 Å². The number of alkyl halides is 2. The Morgan fingerprint density at radius 3 is 2.69 bits per heavy atom. The van der Waals surface area contributed by atoms with Crippen molar-refractivity contribution in [3.63, 3.8) is 0 Å². The molecule has 1 aromatic rings. The first-order valence-electron chi connectivity index (χ1n) is 4.22. The summed E-state index contributed by atoms with van der Waals surface area (Å²) < 4.78 is 29.5. The average Bonchev–Trinajstić information content (AvgIpc) is 2.19. The summed E-state index contributed by atoms with van der Waals surface area (Å²) in [6, 6.07) is 1.11. The lowest BCUT2D eigenvalue weighted by atomic mass is 10.2. The van der Waals surface area contributed by atoms with E-state index in [4.69, 9.17) is 5.11 Å². The van der Waals surface area contributed by atoms with Gasteiger partial charge in [0.1, 0.15) is 0 Å². The summed E-state index contributed by atoms with van der Waals surface area (Å²) in [6.45, 7) is 0. The third kappa shape index (κ3) is 2.56. The number of nitrogens with zero attached hydrogens (tertiary/aromatic N) is 1. The van der Waals surface area contributed by atoms with Gasteiger partial charge in [0, 0.05) is 6.07 Å². The van der Waals surface area contributed by atoms with E-state index in [1.807, 2.05) is 0 Å². The van der Waals surface area contributed by atoms with E-state index < -0.39 is 30.3 Å². The third-order valence-electron chi connectivity index (χ3n) is 1.80. The number of carboxylic acids is 1. The number of hydrogen-bond acceptors (Lipinski definition) is 4. The number of ether oxygens (including phenoxy) is 1. The fraction of sp³-hybridized carbons (Fsp3) is 0.333. The van der Waals surface area contributed by atoms with E-state index in [0.29, 0.717) is 0 Å². The second-order valence-corrected chi connectivity index (χ2v) is 2.92. The maximum atomic E-state index is 12.4. The van der Waals surface area contributed by atoms with Crippen LogP contribution in [0.3, 0.4) is 0 Å². The first-order chi connectivity index (χ1) is 7.45. The normalized spacial score (nSPS) is 10.5. The Kier molecular flexibility index (Phi) is 3.60. The molecule has 0 atom stereocenters. The van der Waals surface area contributed by atoms with Crippen LogP contribution >= 0.6 is 0 Å². The van der Waals surface area contributed by atoms with Gasteiger partial charge >= 0.3 is 5.97 Å². The summed E-state index contributed by atoms with van der Waals surface area (Å²) in [6.07, 6.45) is -3.52. The number of hydrogen-bond donors (Lipinski definition) is 2. The van der Waals surface area contributed by atoms with Gasteiger partial charge in [0.15, 0.2) is 17.2 Å². The van der Waals surface area contributed by atoms with Crippen LogP contribution in [0.1, 0.15) is 17.8 Å². The highest BCUT2D eigenvalue weighted by Gasteiger charge is 2.20. The topological polar surface area (TPSA) is 79.7 Å². The Balaban J connectivity index is 3.22. The second-order valence-electron chi connectivity index (χ2n) is 2.92. The number of pyridine rings is 1. The Bertz CT molecular complexity index is 409. The van der Waals surface area contributed by atoms with Gasteiger partial charge in [-0.15, -0.1) is 0 Å². The molecule has 1 rings (SSSR count). The Labute approximate surface area is 89.3 Å². The lowest BCUT2D eigenvalue weighted by Gasteiger charge is -2.09. The van der Waals surface area contributed by atoms with Crippen LogP contribution < -0.4 is 4.74 Å². The monoisotopic (exact) mass is 233 g/mol. The summed E-state index contributed by atoms with van der Waals surface area (Å²) in [7, 11) is 1.18. The molecule has 0 aliphatic rings. The van der Waals surface area contributed by atoms with Crippen molar-refractivity contribution in [1.29, 1.82) is 0 Å². The Morgan fingerprint density at radius 2 is 2.25 bits per heavy atom. The minimum absolute atomic E-state index is 0.0996.